The summed E-state index contributed by atoms with van der Waals surface area (Å²) in [5.41, 5.74) is 2.99. The van der Waals surface area contributed by atoms with Crippen LogP contribution in [0.25, 0.3) is 0 Å². The molecule has 3 aliphatic rings. The Hall–Kier alpha value is -3.02. The van der Waals surface area contributed by atoms with E-state index in [1.165, 1.54) is 0 Å². The number of fused-ring (bicyclic) bond motifs is 1. The van der Waals surface area contributed by atoms with Gasteiger partial charge in [-0.15, -0.1) is 0 Å². The second kappa shape index (κ2) is 8.38. The molecule has 1 amide bonds. The van der Waals surface area contributed by atoms with E-state index >= 15 is 0 Å². The number of rotatable bonds is 6. The third-order valence-electron chi connectivity index (χ3n) is 6.10. The van der Waals surface area contributed by atoms with Crippen molar-refractivity contribution in [3.05, 3.63) is 59.7 Å². The van der Waals surface area contributed by atoms with Gasteiger partial charge in [0.05, 0.1) is 12.3 Å². The van der Waals surface area contributed by atoms with Crippen LogP contribution < -0.4 is 9.47 Å². The highest BCUT2D eigenvalue weighted by Gasteiger charge is 2.32. The van der Waals surface area contributed by atoms with Crippen molar-refractivity contribution in [2.24, 2.45) is 11.1 Å². The molecule has 2 heterocycles. The second-order valence-corrected chi connectivity index (χ2v) is 8.22. The van der Waals surface area contributed by atoms with Crippen molar-refractivity contribution in [1.29, 1.82) is 0 Å². The molecule has 0 aromatic heterocycles. The minimum atomic E-state index is -0.139. The molecule has 1 unspecified atom stereocenters. The average Bonchev–Trinajstić information content (AvgIpc) is 3.54. The minimum absolute atomic E-state index is 0.139. The van der Waals surface area contributed by atoms with Crippen LogP contribution in [-0.4, -0.2) is 36.0 Å². The quantitative estimate of drug-likeness (QED) is 0.724. The topological polar surface area (TPSA) is 60.4 Å². The zero-order valence-electron chi connectivity index (χ0n) is 17.0. The predicted octanol–water partition coefficient (Wildman–Crippen LogP) is 4.13. The monoisotopic (exact) mass is 406 g/mol. The Labute approximate surface area is 176 Å². The van der Waals surface area contributed by atoms with E-state index in [9.17, 15) is 4.79 Å². The van der Waals surface area contributed by atoms with Crippen molar-refractivity contribution < 1.29 is 19.1 Å². The van der Waals surface area contributed by atoms with Crippen molar-refractivity contribution in [2.45, 2.75) is 44.8 Å². The maximum atomic E-state index is 13.2. The molecule has 1 fully saturated rings. The van der Waals surface area contributed by atoms with Gasteiger partial charge in [0.25, 0.3) is 0 Å². The smallest absolute Gasteiger partial charge is 0.231 e. The summed E-state index contributed by atoms with van der Waals surface area (Å²) in [6.07, 6.45) is 4.81. The molecule has 6 nitrogen and oxygen atoms in total. The molecule has 5 rings (SSSR count). The summed E-state index contributed by atoms with van der Waals surface area (Å²) >= 11 is 0. The van der Waals surface area contributed by atoms with Crippen molar-refractivity contribution in [2.75, 3.05) is 13.3 Å². The molecule has 1 atom stereocenters. The molecule has 2 aliphatic heterocycles. The lowest BCUT2D eigenvalue weighted by Gasteiger charge is -2.27. The van der Waals surface area contributed by atoms with E-state index in [1.807, 2.05) is 41.3 Å². The summed E-state index contributed by atoms with van der Waals surface area (Å²) in [5, 5.41) is 4.31. The molecule has 30 heavy (non-hydrogen) atoms. The molecule has 156 valence electrons. The first-order valence-corrected chi connectivity index (χ1v) is 10.7. The van der Waals surface area contributed by atoms with Gasteiger partial charge in [-0.2, -0.15) is 0 Å². The van der Waals surface area contributed by atoms with Gasteiger partial charge in [0.2, 0.25) is 12.7 Å². The predicted molar refractivity (Wildman–Crippen MR) is 112 cm³/mol. The molecule has 0 radical (unpaired) electrons. The molecule has 0 spiro atoms. The summed E-state index contributed by atoms with van der Waals surface area (Å²) in [7, 11) is 0. The second-order valence-electron chi connectivity index (χ2n) is 8.22. The van der Waals surface area contributed by atoms with E-state index in [2.05, 4.69) is 17.3 Å². The van der Waals surface area contributed by atoms with E-state index < -0.39 is 0 Å². The highest BCUT2D eigenvalue weighted by atomic mass is 16.7. The molecule has 2 aromatic carbocycles. The first kappa shape index (κ1) is 19.0. The van der Waals surface area contributed by atoms with Gasteiger partial charge in [-0.1, -0.05) is 48.3 Å². The van der Waals surface area contributed by atoms with Crippen LogP contribution in [-0.2, 0) is 16.2 Å². The van der Waals surface area contributed by atoms with Crippen LogP contribution in [0.3, 0.4) is 0 Å². The van der Waals surface area contributed by atoms with Gasteiger partial charge in [-0.3, -0.25) is 4.79 Å². The van der Waals surface area contributed by atoms with Crippen molar-refractivity contribution in [3.63, 3.8) is 0 Å². The van der Waals surface area contributed by atoms with Crippen LogP contribution in [0.4, 0.5) is 0 Å². The largest absolute Gasteiger partial charge is 0.454 e. The van der Waals surface area contributed by atoms with Gasteiger partial charge in [0, 0.05) is 24.4 Å². The van der Waals surface area contributed by atoms with Crippen molar-refractivity contribution >= 4 is 11.6 Å². The number of carbonyl (C=O) groups excluding carboxylic acids is 1. The number of hydrogen-bond acceptors (Lipinski definition) is 5. The fourth-order valence-corrected chi connectivity index (χ4v) is 4.49. The third kappa shape index (κ3) is 3.99. The Morgan fingerprint density at radius 2 is 1.83 bits per heavy atom. The molecular formula is C24H26N2O4. The number of amides is 1. The Morgan fingerprint density at radius 3 is 2.67 bits per heavy atom. The van der Waals surface area contributed by atoms with Crippen LogP contribution in [0.5, 0.6) is 11.5 Å². The molecular weight excluding hydrogens is 380 g/mol. The number of hydrogen-bond donors (Lipinski definition) is 0. The lowest BCUT2D eigenvalue weighted by molar-refractivity contribution is -0.137. The normalized spacial score (nSPS) is 20.1. The SMILES string of the molecule is O=C(C1CCCC1)N(Cc1ccccc1)CC1CC(c2ccc3c(c2)OCO3)=NO1. The van der Waals surface area contributed by atoms with Crippen LogP contribution in [0.1, 0.15) is 43.2 Å². The van der Waals surface area contributed by atoms with E-state index in [4.69, 9.17) is 14.3 Å². The van der Waals surface area contributed by atoms with Crippen molar-refractivity contribution in [1.82, 2.24) is 4.90 Å². The molecule has 6 heteroatoms. The van der Waals surface area contributed by atoms with E-state index in [0.717, 1.165) is 54.0 Å². The number of benzene rings is 2. The van der Waals surface area contributed by atoms with Gasteiger partial charge in [-0.05, 0) is 36.6 Å². The van der Waals surface area contributed by atoms with Crippen LogP contribution in [0, 0.1) is 5.92 Å². The lowest BCUT2D eigenvalue weighted by atomic mass is 10.0. The first-order valence-electron chi connectivity index (χ1n) is 10.7. The number of nitrogens with zero attached hydrogens (tertiary/aromatic N) is 2. The first-order chi connectivity index (χ1) is 14.8. The fraction of sp³-hybridized carbons (Fsp3) is 0.417. The molecule has 1 saturated carbocycles. The minimum Gasteiger partial charge on any atom is -0.454 e. The molecule has 0 bridgehead atoms. The summed E-state index contributed by atoms with van der Waals surface area (Å²) < 4.78 is 10.9. The maximum absolute atomic E-state index is 13.2. The van der Waals surface area contributed by atoms with Crippen LogP contribution in [0.15, 0.2) is 53.7 Å². The summed E-state index contributed by atoms with van der Waals surface area (Å²) in [6.45, 7) is 1.40. The Morgan fingerprint density at radius 1 is 1.03 bits per heavy atom. The average molecular weight is 406 g/mol. The van der Waals surface area contributed by atoms with E-state index in [1.54, 1.807) is 0 Å². The maximum Gasteiger partial charge on any atom is 0.231 e. The van der Waals surface area contributed by atoms with Crippen LogP contribution in [0.2, 0.25) is 0 Å². The van der Waals surface area contributed by atoms with Gasteiger partial charge in [-0.25, -0.2) is 0 Å². The zero-order valence-corrected chi connectivity index (χ0v) is 17.0. The molecule has 0 saturated heterocycles. The van der Waals surface area contributed by atoms with Crippen molar-refractivity contribution in [3.8, 4) is 11.5 Å². The highest BCUT2D eigenvalue weighted by molar-refractivity contribution is 6.01. The van der Waals surface area contributed by atoms with Gasteiger partial charge >= 0.3 is 0 Å². The van der Waals surface area contributed by atoms with Crippen LogP contribution >= 0.6 is 0 Å². The molecule has 1 aliphatic carbocycles. The lowest BCUT2D eigenvalue weighted by Crippen LogP contribution is -2.40. The molecule has 0 N–H and O–H groups in total. The standard InChI is InChI=1S/C24H26N2O4/c27-24(18-8-4-5-9-18)26(14-17-6-2-1-3-7-17)15-20-13-21(25-30-20)19-10-11-22-23(12-19)29-16-28-22/h1-3,6-7,10-12,18,20H,4-5,8-9,13-16H2. The van der Waals surface area contributed by atoms with E-state index in [0.29, 0.717) is 19.5 Å². The summed E-state index contributed by atoms with van der Waals surface area (Å²) in [4.78, 5) is 20.9. The van der Waals surface area contributed by atoms with E-state index in [-0.39, 0.29) is 24.7 Å². The van der Waals surface area contributed by atoms with Gasteiger partial charge in [0.1, 0.15) is 0 Å². The Balaban J connectivity index is 1.27. The Bertz CT molecular complexity index is 937. The van der Waals surface area contributed by atoms with Gasteiger partial charge in [0.15, 0.2) is 17.6 Å². The number of carbonyl (C=O) groups is 1. The Kier molecular flexibility index (Phi) is 5.30. The van der Waals surface area contributed by atoms with Gasteiger partial charge < -0.3 is 19.2 Å². The third-order valence-corrected chi connectivity index (χ3v) is 6.10. The highest BCUT2D eigenvalue weighted by Crippen LogP contribution is 2.34. The number of ether oxygens (including phenoxy) is 2. The summed E-state index contributed by atoms with van der Waals surface area (Å²) in [5.74, 6) is 1.88. The molecule has 2 aromatic rings. The number of oxime groups is 1. The fourth-order valence-electron chi connectivity index (χ4n) is 4.49. The zero-order chi connectivity index (χ0) is 20.3. The summed E-state index contributed by atoms with van der Waals surface area (Å²) in [6, 6.07) is 16.0.